The molecule has 0 radical (unpaired) electrons. The van der Waals surface area contributed by atoms with Crippen molar-refractivity contribution in [2.45, 2.75) is 50.4 Å². The number of anilines is 1. The molecule has 3 atom stereocenters. The van der Waals surface area contributed by atoms with Crippen LogP contribution in [0.5, 0.6) is 0 Å². The molecule has 170 valence electrons. The lowest BCUT2D eigenvalue weighted by Gasteiger charge is -2.38. The van der Waals surface area contributed by atoms with Gasteiger partial charge in [0.05, 0.1) is 16.7 Å². The minimum absolute atomic E-state index is 0.119. The Kier molecular flexibility index (Phi) is 4.77. The van der Waals surface area contributed by atoms with Crippen molar-refractivity contribution in [2.24, 2.45) is 5.73 Å². The van der Waals surface area contributed by atoms with E-state index in [1.54, 1.807) is 17.9 Å². The van der Waals surface area contributed by atoms with Crippen molar-refractivity contribution in [3.63, 3.8) is 0 Å². The van der Waals surface area contributed by atoms with Gasteiger partial charge in [-0.1, -0.05) is 17.7 Å². The largest absolute Gasteiger partial charge is 0.358 e. The summed E-state index contributed by atoms with van der Waals surface area (Å²) in [5, 5.41) is 8.42. The van der Waals surface area contributed by atoms with Gasteiger partial charge in [-0.05, 0) is 31.7 Å². The molecular formula is C23H25ClN8O. The Morgan fingerprint density at radius 2 is 2.06 bits per heavy atom. The van der Waals surface area contributed by atoms with Crippen LogP contribution in [0.2, 0.25) is 5.02 Å². The molecule has 1 aromatic carbocycles. The zero-order valence-electron chi connectivity index (χ0n) is 18.3. The van der Waals surface area contributed by atoms with Crippen LogP contribution < -0.4 is 16.0 Å². The fraction of sp³-hybridized carbons (Fsp3) is 0.391. The van der Waals surface area contributed by atoms with Crippen LogP contribution in [0.3, 0.4) is 0 Å². The molecule has 3 aromatic heterocycles. The number of aromatic nitrogens is 5. The van der Waals surface area contributed by atoms with Gasteiger partial charge in [-0.3, -0.25) is 9.48 Å². The summed E-state index contributed by atoms with van der Waals surface area (Å²) in [7, 11) is 1.60. The van der Waals surface area contributed by atoms with Gasteiger partial charge in [0.25, 0.3) is 0 Å². The van der Waals surface area contributed by atoms with Crippen molar-refractivity contribution in [1.29, 1.82) is 0 Å². The lowest BCUT2D eigenvalue weighted by Crippen LogP contribution is -2.47. The highest BCUT2D eigenvalue weighted by Gasteiger charge is 2.40. The van der Waals surface area contributed by atoms with E-state index in [4.69, 9.17) is 27.3 Å². The number of aromatic amines is 1. The van der Waals surface area contributed by atoms with Crippen LogP contribution >= 0.6 is 11.6 Å². The van der Waals surface area contributed by atoms with Crippen LogP contribution in [-0.2, 0) is 11.3 Å². The van der Waals surface area contributed by atoms with E-state index in [-0.39, 0.29) is 18.5 Å². The number of H-pyrrole nitrogens is 1. The molecule has 2 bridgehead atoms. The summed E-state index contributed by atoms with van der Waals surface area (Å²) < 4.78 is 1.60. The molecule has 2 saturated heterocycles. The number of nitrogens with two attached hydrogens (primary N) is 1. The minimum Gasteiger partial charge on any atom is -0.358 e. The molecule has 1 unspecified atom stereocenters. The Morgan fingerprint density at radius 3 is 2.82 bits per heavy atom. The summed E-state index contributed by atoms with van der Waals surface area (Å²) in [6, 6.07) is 5.02. The van der Waals surface area contributed by atoms with Gasteiger partial charge in [0, 0.05) is 54.1 Å². The Balaban J connectivity index is 1.36. The van der Waals surface area contributed by atoms with Crippen molar-refractivity contribution in [3.8, 4) is 11.1 Å². The topological polar surface area (TPSA) is 118 Å². The van der Waals surface area contributed by atoms with Crippen molar-refractivity contribution in [3.05, 3.63) is 35.7 Å². The third kappa shape index (κ3) is 3.34. The maximum Gasteiger partial charge on any atom is 0.241 e. The van der Waals surface area contributed by atoms with Crippen molar-refractivity contribution >= 4 is 45.4 Å². The lowest BCUT2D eigenvalue weighted by molar-refractivity contribution is -0.121. The summed E-state index contributed by atoms with van der Waals surface area (Å²) in [5.41, 5.74) is 10.2. The van der Waals surface area contributed by atoms with E-state index in [1.807, 2.05) is 24.5 Å². The molecule has 10 heteroatoms. The summed E-state index contributed by atoms with van der Waals surface area (Å²) in [6.07, 6.45) is 9.91. The Bertz CT molecular complexity index is 1360. The molecule has 9 nitrogen and oxygen atoms in total. The molecule has 2 fully saturated rings. The molecule has 0 spiro atoms. The van der Waals surface area contributed by atoms with Crippen LogP contribution in [0.1, 0.15) is 25.7 Å². The first kappa shape index (κ1) is 20.4. The second-order valence-corrected chi connectivity index (χ2v) is 9.39. The second-order valence-electron chi connectivity index (χ2n) is 9.01. The van der Waals surface area contributed by atoms with Gasteiger partial charge >= 0.3 is 0 Å². The third-order valence-corrected chi connectivity index (χ3v) is 7.36. The van der Waals surface area contributed by atoms with Gasteiger partial charge in [-0.25, -0.2) is 9.97 Å². The Morgan fingerprint density at radius 1 is 1.27 bits per heavy atom. The van der Waals surface area contributed by atoms with E-state index >= 15 is 0 Å². The van der Waals surface area contributed by atoms with Gasteiger partial charge in [-0.15, -0.1) is 0 Å². The first-order valence-corrected chi connectivity index (χ1v) is 11.6. The first-order valence-electron chi connectivity index (χ1n) is 11.3. The lowest BCUT2D eigenvalue weighted by atomic mass is 9.98. The molecule has 0 saturated carbocycles. The van der Waals surface area contributed by atoms with E-state index in [1.165, 1.54) is 0 Å². The number of hydrogen-bond donors (Lipinski definition) is 3. The SMILES string of the molecule is CNC(=O)Cn1cc2c(Cl)c(-c3c[nH]c4nc(N5[C@@H]6CC[C@H]5CC(N)C6)cnc34)ccc2n1. The first-order chi connectivity index (χ1) is 16.0. The van der Waals surface area contributed by atoms with Crippen molar-refractivity contribution in [1.82, 2.24) is 30.0 Å². The van der Waals surface area contributed by atoms with Crippen LogP contribution in [0.25, 0.3) is 33.2 Å². The van der Waals surface area contributed by atoms with E-state index < -0.39 is 0 Å². The van der Waals surface area contributed by atoms with Crippen molar-refractivity contribution < 1.29 is 4.79 Å². The Hall–Kier alpha value is -3.17. The van der Waals surface area contributed by atoms with Gasteiger partial charge in [0.2, 0.25) is 5.91 Å². The Labute approximate surface area is 195 Å². The van der Waals surface area contributed by atoms with Gasteiger partial charge < -0.3 is 20.9 Å². The number of rotatable bonds is 4. The van der Waals surface area contributed by atoms with E-state index in [0.717, 1.165) is 64.7 Å². The van der Waals surface area contributed by atoms with Crippen LogP contribution in [-0.4, -0.2) is 55.8 Å². The van der Waals surface area contributed by atoms with E-state index in [2.05, 4.69) is 20.3 Å². The smallest absolute Gasteiger partial charge is 0.241 e. The number of nitrogens with zero attached hydrogens (tertiary/aromatic N) is 5. The number of benzene rings is 1. The number of hydrogen-bond acceptors (Lipinski definition) is 6. The fourth-order valence-electron chi connectivity index (χ4n) is 5.43. The fourth-order valence-corrected chi connectivity index (χ4v) is 5.74. The number of carbonyl (C=O) groups is 1. The molecule has 6 rings (SSSR count). The van der Waals surface area contributed by atoms with Crippen LogP contribution in [0, 0.1) is 0 Å². The van der Waals surface area contributed by atoms with E-state index in [0.29, 0.717) is 17.1 Å². The number of likely N-dealkylation sites (N-methyl/N-ethyl adjacent to an activating group) is 1. The monoisotopic (exact) mass is 464 g/mol. The highest BCUT2D eigenvalue weighted by molar-refractivity contribution is 6.38. The molecule has 2 aliphatic heterocycles. The molecular weight excluding hydrogens is 440 g/mol. The molecule has 33 heavy (non-hydrogen) atoms. The maximum absolute atomic E-state index is 11.7. The van der Waals surface area contributed by atoms with E-state index in [9.17, 15) is 4.79 Å². The van der Waals surface area contributed by atoms with Gasteiger partial charge in [-0.2, -0.15) is 5.10 Å². The number of piperidine rings is 1. The predicted octanol–water partition coefficient (Wildman–Crippen LogP) is 2.83. The highest BCUT2D eigenvalue weighted by Crippen LogP contribution is 2.40. The van der Waals surface area contributed by atoms with Crippen molar-refractivity contribution in [2.75, 3.05) is 11.9 Å². The highest BCUT2D eigenvalue weighted by atomic mass is 35.5. The average molecular weight is 465 g/mol. The quantitative estimate of drug-likeness (QED) is 0.427. The predicted molar refractivity (Wildman–Crippen MR) is 128 cm³/mol. The number of amides is 1. The van der Waals surface area contributed by atoms with Gasteiger partial charge in [0.15, 0.2) is 5.65 Å². The number of fused-ring (bicyclic) bond motifs is 4. The summed E-state index contributed by atoms with van der Waals surface area (Å²) in [5.74, 6) is 0.790. The number of nitrogens with one attached hydrogen (secondary N) is 2. The van der Waals surface area contributed by atoms with Crippen LogP contribution in [0.4, 0.5) is 5.82 Å². The summed E-state index contributed by atoms with van der Waals surface area (Å²) in [6.45, 7) is 0.140. The molecule has 4 aromatic rings. The molecule has 4 N–H and O–H groups in total. The van der Waals surface area contributed by atoms with Gasteiger partial charge in [0.1, 0.15) is 17.9 Å². The van der Waals surface area contributed by atoms with Crippen LogP contribution in [0.15, 0.2) is 30.7 Å². The molecule has 2 aliphatic rings. The zero-order chi connectivity index (χ0) is 22.7. The zero-order valence-corrected chi connectivity index (χ0v) is 19.0. The molecule has 1 amide bonds. The standard InChI is InChI=1S/C23H25ClN8O/c1-26-20(33)11-31-10-17-18(30-31)5-4-15(21(17)24)16-8-28-23-22(16)27-9-19(29-23)32-13-2-3-14(32)7-12(25)6-13/h4-5,8-10,12-14H,2-3,6-7,11,25H2,1H3,(H,26,33)(H,28,29)/t12?,13-,14+. The third-order valence-electron chi connectivity index (χ3n) is 6.95. The minimum atomic E-state index is -0.119. The second kappa shape index (κ2) is 7.71. The normalized spacial score (nSPS) is 22.4. The number of carbonyl (C=O) groups excluding carboxylic acids is 1. The maximum atomic E-state index is 11.7. The summed E-state index contributed by atoms with van der Waals surface area (Å²) in [4.78, 5) is 27.1. The average Bonchev–Trinajstić information content (AvgIpc) is 3.48. The summed E-state index contributed by atoms with van der Waals surface area (Å²) >= 11 is 6.79. The number of halogens is 1. The molecule has 5 heterocycles. The molecule has 0 aliphatic carbocycles.